The van der Waals surface area contributed by atoms with Crippen molar-refractivity contribution < 1.29 is 29.4 Å². The number of carbonyl (C=O) groups is 4. The van der Waals surface area contributed by atoms with Crippen molar-refractivity contribution in [1.29, 1.82) is 0 Å². The maximum Gasteiger partial charge on any atom is 0.355 e. The van der Waals surface area contributed by atoms with Gasteiger partial charge in [-0.05, 0) is 23.3 Å². The van der Waals surface area contributed by atoms with Gasteiger partial charge in [-0.15, -0.1) is 11.3 Å². The fraction of sp³-hybridized carbons (Fsp3) is 0.136. The van der Waals surface area contributed by atoms with Crippen LogP contribution in [0, 0.1) is 0 Å². The largest absolute Gasteiger partial charge is 0.508 e. The predicted octanol–water partition coefficient (Wildman–Crippen LogP) is 2.39. The first-order valence-electron chi connectivity index (χ1n) is 9.79. The molecule has 1 aliphatic rings. The number of carbonyl (C=O) groups excluding carboxylic acids is 3. The zero-order valence-electron chi connectivity index (χ0n) is 17.0. The normalized spacial score (nSPS) is 16.4. The molecule has 1 aromatic heterocycles. The second-order valence-corrected chi connectivity index (χ2v) is 8.08. The monoisotopic (exact) mass is 466 g/mol. The summed E-state index contributed by atoms with van der Waals surface area (Å²) >= 11 is 0.917. The number of anilines is 1. The lowest BCUT2D eigenvalue weighted by atomic mass is 10.0. The molecule has 1 aliphatic heterocycles. The number of aromatic hydroxyl groups is 1. The van der Waals surface area contributed by atoms with E-state index in [9.17, 15) is 24.3 Å². The number of thiazole rings is 1. The molecular formula is C22H18N4O6S. The zero-order chi connectivity index (χ0) is 23.5. The van der Waals surface area contributed by atoms with E-state index in [-0.39, 0.29) is 23.0 Å². The first-order chi connectivity index (χ1) is 15.8. The van der Waals surface area contributed by atoms with Crippen LogP contribution in [-0.4, -0.2) is 50.0 Å². The van der Waals surface area contributed by atoms with Gasteiger partial charge >= 0.3 is 12.0 Å². The summed E-state index contributed by atoms with van der Waals surface area (Å²) in [6.45, 7) is 0. The summed E-state index contributed by atoms with van der Waals surface area (Å²) in [5, 5.41) is 25.2. The highest BCUT2D eigenvalue weighted by molar-refractivity contribution is 7.14. The van der Waals surface area contributed by atoms with Crippen molar-refractivity contribution in [3.63, 3.8) is 0 Å². The lowest BCUT2D eigenvalue weighted by molar-refractivity contribution is -0.134. The topological polar surface area (TPSA) is 149 Å². The van der Waals surface area contributed by atoms with E-state index in [0.717, 1.165) is 16.2 Å². The molecule has 4 amide bonds. The van der Waals surface area contributed by atoms with Crippen LogP contribution in [0.5, 0.6) is 5.75 Å². The Bertz CT molecular complexity index is 1230. The number of benzene rings is 2. The summed E-state index contributed by atoms with van der Waals surface area (Å²) in [6, 6.07) is 11.8. The predicted molar refractivity (Wildman–Crippen MR) is 118 cm³/mol. The Morgan fingerprint density at radius 3 is 2.58 bits per heavy atom. The molecule has 0 aliphatic carbocycles. The Morgan fingerprint density at radius 2 is 1.91 bits per heavy atom. The molecule has 0 saturated carbocycles. The number of hydrogen-bond donors (Lipinski definition) is 4. The number of imide groups is 1. The molecule has 1 fully saturated rings. The van der Waals surface area contributed by atoms with Gasteiger partial charge in [0.05, 0.1) is 0 Å². The molecule has 2 atom stereocenters. The fourth-order valence-electron chi connectivity index (χ4n) is 3.48. The van der Waals surface area contributed by atoms with E-state index >= 15 is 0 Å². The molecule has 0 bridgehead atoms. The second kappa shape index (κ2) is 9.09. The quantitative estimate of drug-likeness (QED) is 0.391. The van der Waals surface area contributed by atoms with Gasteiger partial charge in [0.15, 0.2) is 10.8 Å². The maximum atomic E-state index is 13.2. The van der Waals surface area contributed by atoms with Gasteiger partial charge in [0.1, 0.15) is 17.8 Å². The third kappa shape index (κ3) is 4.67. The van der Waals surface area contributed by atoms with Crippen molar-refractivity contribution in [1.82, 2.24) is 15.2 Å². The van der Waals surface area contributed by atoms with Crippen molar-refractivity contribution in [2.24, 2.45) is 0 Å². The number of phenolic OH excluding ortho intramolecular Hbond substituents is 1. The molecule has 0 spiro atoms. The van der Waals surface area contributed by atoms with Gasteiger partial charge in [0.2, 0.25) is 5.91 Å². The van der Waals surface area contributed by atoms with Crippen molar-refractivity contribution in [2.75, 3.05) is 5.32 Å². The van der Waals surface area contributed by atoms with Crippen LogP contribution in [0.15, 0.2) is 60.0 Å². The minimum absolute atomic E-state index is 0.0343. The van der Waals surface area contributed by atoms with E-state index in [0.29, 0.717) is 11.1 Å². The van der Waals surface area contributed by atoms with E-state index in [2.05, 4.69) is 15.6 Å². The van der Waals surface area contributed by atoms with Crippen molar-refractivity contribution in [2.45, 2.75) is 18.5 Å². The Kier molecular flexibility index (Phi) is 6.05. The highest BCUT2D eigenvalue weighted by atomic mass is 32.1. The molecule has 2 heterocycles. The number of nitrogens with zero attached hydrogens (tertiary/aromatic N) is 2. The van der Waals surface area contributed by atoms with E-state index in [1.807, 2.05) is 0 Å². The smallest absolute Gasteiger partial charge is 0.355 e. The molecule has 10 nitrogen and oxygen atoms in total. The number of amides is 4. The van der Waals surface area contributed by atoms with Crippen LogP contribution in [0.3, 0.4) is 0 Å². The summed E-state index contributed by atoms with van der Waals surface area (Å²) in [7, 11) is 0. The van der Waals surface area contributed by atoms with Crippen LogP contribution in [-0.2, 0) is 16.0 Å². The Labute approximate surface area is 191 Å². The number of carboxylic acid groups (broad SMARTS) is 1. The number of carboxylic acids is 1. The Hall–Kier alpha value is -4.25. The maximum absolute atomic E-state index is 13.2. The van der Waals surface area contributed by atoms with Gasteiger partial charge in [0.25, 0.3) is 5.91 Å². The van der Waals surface area contributed by atoms with Crippen LogP contribution in [0.25, 0.3) is 0 Å². The number of nitrogens with one attached hydrogen (secondary N) is 2. The van der Waals surface area contributed by atoms with Crippen LogP contribution < -0.4 is 10.6 Å². The number of phenols is 1. The van der Waals surface area contributed by atoms with Crippen LogP contribution in [0.2, 0.25) is 0 Å². The molecule has 0 radical (unpaired) electrons. The minimum Gasteiger partial charge on any atom is -0.508 e. The summed E-state index contributed by atoms with van der Waals surface area (Å²) in [5.74, 6) is -2.64. The zero-order valence-corrected chi connectivity index (χ0v) is 17.8. The SMILES string of the molecule is O=C(O)c1csc(NC(=O)C(Cc2ccccc2)N2C(=O)NC(c3cccc(O)c3)C2=O)n1. The van der Waals surface area contributed by atoms with Crippen LogP contribution >= 0.6 is 11.3 Å². The first-order valence-corrected chi connectivity index (χ1v) is 10.7. The number of hydrogen-bond acceptors (Lipinski definition) is 7. The Morgan fingerprint density at radius 1 is 1.15 bits per heavy atom. The summed E-state index contributed by atoms with van der Waals surface area (Å²) in [6.07, 6.45) is 0.0375. The molecule has 3 aromatic rings. The molecule has 168 valence electrons. The van der Waals surface area contributed by atoms with Crippen LogP contribution in [0.4, 0.5) is 9.93 Å². The number of rotatable bonds is 7. The van der Waals surface area contributed by atoms with Gasteiger partial charge in [-0.3, -0.25) is 9.59 Å². The molecule has 4 N–H and O–H groups in total. The molecule has 2 unspecified atom stereocenters. The van der Waals surface area contributed by atoms with E-state index in [1.165, 1.54) is 17.5 Å². The first kappa shape index (κ1) is 22.0. The van der Waals surface area contributed by atoms with E-state index < -0.39 is 35.9 Å². The average molecular weight is 466 g/mol. The molecule has 1 saturated heterocycles. The summed E-state index contributed by atoms with van der Waals surface area (Å²) in [5.41, 5.74) is 0.860. The highest BCUT2D eigenvalue weighted by Crippen LogP contribution is 2.27. The van der Waals surface area contributed by atoms with Gasteiger partial charge in [-0.25, -0.2) is 19.5 Å². The molecule has 33 heavy (non-hydrogen) atoms. The number of urea groups is 1. The fourth-order valence-corrected chi connectivity index (χ4v) is 4.16. The number of aromatic nitrogens is 1. The molecule has 2 aromatic carbocycles. The second-order valence-electron chi connectivity index (χ2n) is 7.22. The van der Waals surface area contributed by atoms with Gasteiger partial charge < -0.3 is 20.8 Å². The van der Waals surface area contributed by atoms with Crippen molar-refractivity contribution in [3.8, 4) is 5.75 Å². The van der Waals surface area contributed by atoms with Crippen LogP contribution in [0.1, 0.15) is 27.7 Å². The summed E-state index contributed by atoms with van der Waals surface area (Å²) in [4.78, 5) is 54.9. The van der Waals surface area contributed by atoms with Gasteiger partial charge in [-0.2, -0.15) is 0 Å². The molecular weight excluding hydrogens is 448 g/mol. The molecule has 4 rings (SSSR count). The van der Waals surface area contributed by atoms with Crippen molar-refractivity contribution >= 4 is 40.3 Å². The molecule has 11 heteroatoms. The number of aromatic carboxylic acids is 1. The van der Waals surface area contributed by atoms with E-state index in [1.54, 1.807) is 42.5 Å². The van der Waals surface area contributed by atoms with Crippen molar-refractivity contribution in [3.05, 3.63) is 76.8 Å². The minimum atomic E-state index is -1.24. The third-order valence-corrected chi connectivity index (χ3v) is 5.77. The lowest BCUT2D eigenvalue weighted by Gasteiger charge is -2.24. The highest BCUT2D eigenvalue weighted by Gasteiger charge is 2.45. The standard InChI is InChI=1S/C22H18N4O6S/c27-14-8-4-7-13(10-14)17-19(29)26(22(32)24-17)16(9-12-5-2-1-3-6-12)18(28)25-21-23-15(11-33-21)20(30)31/h1-8,10-11,16-17,27H,9H2,(H,24,32)(H,30,31)(H,23,25,28). The van der Waals surface area contributed by atoms with E-state index in [4.69, 9.17) is 5.11 Å². The third-order valence-electron chi connectivity index (χ3n) is 5.01. The summed E-state index contributed by atoms with van der Waals surface area (Å²) < 4.78 is 0. The Balaban J connectivity index is 1.63. The van der Waals surface area contributed by atoms with Gasteiger partial charge in [-0.1, -0.05) is 42.5 Å². The van der Waals surface area contributed by atoms with Gasteiger partial charge in [0, 0.05) is 11.8 Å². The average Bonchev–Trinajstić information content (AvgIpc) is 3.37. The lowest BCUT2D eigenvalue weighted by Crippen LogP contribution is -2.49.